The van der Waals surface area contributed by atoms with Gasteiger partial charge in [-0.05, 0) is 43.0 Å². The second kappa shape index (κ2) is 7.59. The van der Waals surface area contributed by atoms with Crippen molar-refractivity contribution in [1.29, 1.82) is 0 Å². The average molecular weight is 403 g/mol. The van der Waals surface area contributed by atoms with Crippen molar-refractivity contribution in [2.45, 2.75) is 37.5 Å². The summed E-state index contributed by atoms with van der Waals surface area (Å²) >= 11 is 0. The van der Waals surface area contributed by atoms with Crippen LogP contribution < -0.4 is 4.74 Å². The molecule has 3 aromatic rings. The number of aromatic nitrogens is 2. The number of hydrogen-bond acceptors (Lipinski definition) is 5. The van der Waals surface area contributed by atoms with Gasteiger partial charge in [-0.25, -0.2) is 0 Å². The van der Waals surface area contributed by atoms with Gasteiger partial charge in [0.1, 0.15) is 5.75 Å². The van der Waals surface area contributed by atoms with E-state index in [1.165, 1.54) is 5.56 Å². The predicted octanol–water partition coefficient (Wildman–Crippen LogP) is 3.66. The maximum absolute atomic E-state index is 13.0. The van der Waals surface area contributed by atoms with Crippen LogP contribution in [-0.4, -0.2) is 40.6 Å². The van der Waals surface area contributed by atoms with Gasteiger partial charge in [-0.15, -0.1) is 0 Å². The van der Waals surface area contributed by atoms with Gasteiger partial charge in [0.15, 0.2) is 5.82 Å². The summed E-state index contributed by atoms with van der Waals surface area (Å²) in [7, 11) is 0. The molecule has 5 rings (SSSR count). The molecule has 1 amide bonds. The highest BCUT2D eigenvalue weighted by Crippen LogP contribution is 2.50. The lowest BCUT2D eigenvalue weighted by Crippen LogP contribution is -2.52. The summed E-state index contributed by atoms with van der Waals surface area (Å²) in [6, 6.07) is 18.1. The number of nitrogens with zero attached hydrogens (tertiary/aromatic N) is 3. The van der Waals surface area contributed by atoms with Crippen molar-refractivity contribution in [2.75, 3.05) is 19.7 Å². The summed E-state index contributed by atoms with van der Waals surface area (Å²) in [5, 5.41) is 4.08. The quantitative estimate of drug-likeness (QED) is 0.602. The molecule has 2 fully saturated rings. The Bertz CT molecular complexity index is 1040. The van der Waals surface area contributed by atoms with Crippen LogP contribution in [0.1, 0.15) is 41.6 Å². The highest BCUT2D eigenvalue weighted by molar-refractivity contribution is 5.92. The van der Waals surface area contributed by atoms with Crippen molar-refractivity contribution in [3.8, 4) is 5.75 Å². The number of amides is 1. The van der Waals surface area contributed by atoms with E-state index in [4.69, 9.17) is 9.26 Å². The molecule has 0 atom stereocenters. The molecule has 1 aromatic heterocycles. The van der Waals surface area contributed by atoms with E-state index in [1.807, 2.05) is 54.3 Å². The lowest BCUT2D eigenvalue weighted by atomic mass is 9.90. The van der Waals surface area contributed by atoms with E-state index in [1.54, 1.807) is 0 Å². The molecule has 30 heavy (non-hydrogen) atoms. The van der Waals surface area contributed by atoms with Gasteiger partial charge >= 0.3 is 0 Å². The molecule has 6 nitrogen and oxygen atoms in total. The first-order valence-corrected chi connectivity index (χ1v) is 10.5. The van der Waals surface area contributed by atoms with Crippen molar-refractivity contribution in [3.63, 3.8) is 0 Å². The Balaban J connectivity index is 1.13. The summed E-state index contributed by atoms with van der Waals surface area (Å²) in [6.45, 7) is 3.83. The molecule has 1 aliphatic carbocycles. The van der Waals surface area contributed by atoms with E-state index in [2.05, 4.69) is 22.3 Å². The minimum atomic E-state index is -0.306. The second-order valence-corrected chi connectivity index (χ2v) is 8.32. The largest absolute Gasteiger partial charge is 0.493 e. The van der Waals surface area contributed by atoms with Crippen LogP contribution in [0.15, 0.2) is 59.1 Å². The molecule has 1 saturated heterocycles. The number of carbonyl (C=O) groups excluding carboxylic acids is 1. The molecule has 0 N–H and O–H groups in total. The van der Waals surface area contributed by atoms with Crippen LogP contribution in [0.5, 0.6) is 5.75 Å². The fraction of sp³-hybridized carbons (Fsp3) is 0.375. The molecule has 2 aliphatic rings. The summed E-state index contributed by atoms with van der Waals surface area (Å²) in [5.74, 6) is 2.47. The van der Waals surface area contributed by atoms with E-state index in [9.17, 15) is 4.79 Å². The minimum absolute atomic E-state index is 0.125. The Labute approximate surface area is 175 Å². The number of carbonyl (C=O) groups is 1. The van der Waals surface area contributed by atoms with E-state index in [0.29, 0.717) is 37.8 Å². The molecule has 0 unspecified atom stereocenters. The number of benzene rings is 2. The summed E-state index contributed by atoms with van der Waals surface area (Å²) in [5.41, 5.74) is 1.99. The molecule has 2 heterocycles. The molecule has 154 valence electrons. The first-order valence-electron chi connectivity index (χ1n) is 10.5. The highest BCUT2D eigenvalue weighted by atomic mass is 16.5. The monoisotopic (exact) mass is 403 g/mol. The van der Waals surface area contributed by atoms with Crippen LogP contribution >= 0.6 is 0 Å². The van der Waals surface area contributed by atoms with Crippen molar-refractivity contribution in [2.24, 2.45) is 0 Å². The average Bonchev–Trinajstić information content (AvgIpc) is 3.42. The SMILES string of the molecule is Cc1cccc(OCCc2noc(C3CN(C(=O)C4(c5ccccc5)CC4)C3)n2)c1. The van der Waals surface area contributed by atoms with Gasteiger partial charge in [0.2, 0.25) is 11.8 Å². The number of hydrogen-bond donors (Lipinski definition) is 0. The number of likely N-dealkylation sites (tertiary alicyclic amines) is 1. The van der Waals surface area contributed by atoms with E-state index < -0.39 is 0 Å². The standard InChI is InChI=1S/C24H25N3O3/c1-17-6-5-9-20(14-17)29-13-10-21-25-22(30-26-21)18-15-27(16-18)23(28)24(11-12-24)19-7-3-2-4-8-19/h2-9,14,18H,10-13,15-16H2,1H3. The Kier molecular flexibility index (Phi) is 4.77. The maximum atomic E-state index is 13.0. The van der Waals surface area contributed by atoms with Crippen molar-refractivity contribution in [1.82, 2.24) is 15.0 Å². The lowest BCUT2D eigenvalue weighted by molar-refractivity contribution is -0.138. The van der Waals surface area contributed by atoms with Gasteiger partial charge in [-0.3, -0.25) is 4.79 Å². The fourth-order valence-corrected chi connectivity index (χ4v) is 4.11. The van der Waals surface area contributed by atoms with Gasteiger partial charge < -0.3 is 14.2 Å². The van der Waals surface area contributed by atoms with E-state index >= 15 is 0 Å². The minimum Gasteiger partial charge on any atom is -0.493 e. The normalized spacial score (nSPS) is 17.4. The zero-order chi connectivity index (χ0) is 20.6. The zero-order valence-electron chi connectivity index (χ0n) is 17.1. The smallest absolute Gasteiger partial charge is 0.233 e. The molecular formula is C24H25N3O3. The Morgan fingerprint density at radius 2 is 1.97 bits per heavy atom. The molecule has 6 heteroatoms. The fourth-order valence-electron chi connectivity index (χ4n) is 4.11. The summed E-state index contributed by atoms with van der Waals surface area (Å²) in [6.07, 6.45) is 2.45. The molecular weight excluding hydrogens is 378 g/mol. The molecule has 1 aliphatic heterocycles. The maximum Gasteiger partial charge on any atom is 0.233 e. The van der Waals surface area contributed by atoms with Gasteiger partial charge in [-0.2, -0.15) is 4.98 Å². The van der Waals surface area contributed by atoms with Crippen molar-refractivity contribution in [3.05, 3.63) is 77.4 Å². The third-order valence-electron chi connectivity index (χ3n) is 6.07. The van der Waals surface area contributed by atoms with Crippen LogP contribution in [0.25, 0.3) is 0 Å². The van der Waals surface area contributed by atoms with Gasteiger partial charge in [0.25, 0.3) is 0 Å². The lowest BCUT2D eigenvalue weighted by Gasteiger charge is -2.39. The van der Waals surface area contributed by atoms with Crippen molar-refractivity contribution < 1.29 is 14.1 Å². The van der Waals surface area contributed by atoms with Crippen LogP contribution in [0.4, 0.5) is 0 Å². The van der Waals surface area contributed by atoms with Crippen molar-refractivity contribution >= 4 is 5.91 Å². The molecule has 1 saturated carbocycles. The van der Waals surface area contributed by atoms with Gasteiger partial charge in [-0.1, -0.05) is 47.6 Å². The van der Waals surface area contributed by atoms with E-state index in [-0.39, 0.29) is 17.2 Å². The molecule has 2 aromatic carbocycles. The third-order valence-corrected chi connectivity index (χ3v) is 6.07. The number of ether oxygens (including phenoxy) is 1. The van der Waals surface area contributed by atoms with Gasteiger partial charge in [0.05, 0.1) is 17.9 Å². The Morgan fingerprint density at radius 1 is 1.17 bits per heavy atom. The second-order valence-electron chi connectivity index (χ2n) is 8.32. The van der Waals surface area contributed by atoms with Crippen LogP contribution in [-0.2, 0) is 16.6 Å². The van der Waals surface area contributed by atoms with Gasteiger partial charge in [0, 0.05) is 19.5 Å². The van der Waals surface area contributed by atoms with Crippen LogP contribution in [0.3, 0.4) is 0 Å². The third kappa shape index (κ3) is 3.58. The topological polar surface area (TPSA) is 68.5 Å². The Morgan fingerprint density at radius 3 is 2.70 bits per heavy atom. The van der Waals surface area contributed by atoms with E-state index in [0.717, 1.165) is 24.2 Å². The summed E-state index contributed by atoms with van der Waals surface area (Å²) in [4.78, 5) is 19.5. The Hall–Kier alpha value is -3.15. The molecule has 0 bridgehead atoms. The molecule has 0 spiro atoms. The summed E-state index contributed by atoms with van der Waals surface area (Å²) < 4.78 is 11.2. The highest BCUT2D eigenvalue weighted by Gasteiger charge is 2.55. The predicted molar refractivity (Wildman–Crippen MR) is 111 cm³/mol. The number of rotatable bonds is 7. The van der Waals surface area contributed by atoms with Crippen LogP contribution in [0, 0.1) is 6.92 Å². The first-order chi connectivity index (χ1) is 14.6. The number of aryl methyl sites for hydroxylation is 1. The molecule has 0 radical (unpaired) electrons. The zero-order valence-corrected chi connectivity index (χ0v) is 17.1. The van der Waals surface area contributed by atoms with Crippen LogP contribution in [0.2, 0.25) is 0 Å². The first kappa shape index (κ1) is 18.9.